The first-order valence-electron chi connectivity index (χ1n) is 10.6. The number of para-hydroxylation sites is 1. The normalized spacial score (nSPS) is 19.7. The second kappa shape index (κ2) is 9.25. The van der Waals surface area contributed by atoms with Crippen LogP contribution in [0, 0.1) is 6.92 Å². The van der Waals surface area contributed by atoms with Gasteiger partial charge < -0.3 is 14.7 Å². The molecule has 1 aliphatic heterocycles. The lowest BCUT2D eigenvalue weighted by molar-refractivity contribution is -0.191. The van der Waals surface area contributed by atoms with E-state index < -0.39 is 36.1 Å². The SMILES string of the molecule is COC(O)C1(c2cccc(Br)c2)CCN(C(=O)C(F)(F)F)CN1n1c(C)nc2ccccc2c1=O. The van der Waals surface area contributed by atoms with Gasteiger partial charge in [-0.15, -0.1) is 0 Å². The van der Waals surface area contributed by atoms with Crippen molar-refractivity contribution in [3.8, 4) is 0 Å². The van der Waals surface area contributed by atoms with Crippen molar-refractivity contribution in [1.29, 1.82) is 0 Å². The van der Waals surface area contributed by atoms with Crippen molar-refractivity contribution >= 4 is 32.7 Å². The highest BCUT2D eigenvalue weighted by Gasteiger charge is 2.53. The van der Waals surface area contributed by atoms with E-state index in [-0.39, 0.29) is 24.2 Å². The van der Waals surface area contributed by atoms with Crippen molar-refractivity contribution in [2.24, 2.45) is 0 Å². The maximum absolute atomic E-state index is 13.6. The number of nitrogens with zero attached hydrogens (tertiary/aromatic N) is 4. The van der Waals surface area contributed by atoms with Crippen LogP contribution < -0.4 is 10.6 Å². The first-order valence-corrected chi connectivity index (χ1v) is 11.4. The van der Waals surface area contributed by atoms with Gasteiger partial charge in [-0.05, 0) is 43.2 Å². The molecule has 12 heteroatoms. The molecule has 2 aromatic carbocycles. The van der Waals surface area contributed by atoms with Gasteiger partial charge in [0.1, 0.15) is 18.0 Å². The third kappa shape index (κ3) is 4.30. The molecule has 35 heavy (non-hydrogen) atoms. The number of ether oxygens (including phenoxy) is 1. The molecule has 0 bridgehead atoms. The van der Waals surface area contributed by atoms with Gasteiger partial charge in [-0.1, -0.05) is 40.2 Å². The Hall–Kier alpha value is -2.96. The summed E-state index contributed by atoms with van der Waals surface area (Å²) in [5, 5.41) is 12.6. The van der Waals surface area contributed by atoms with Crippen LogP contribution in [0.25, 0.3) is 10.9 Å². The number of benzene rings is 2. The van der Waals surface area contributed by atoms with Crippen LogP contribution in [0.3, 0.4) is 0 Å². The Labute approximate surface area is 206 Å². The molecule has 8 nitrogen and oxygen atoms in total. The smallest absolute Gasteiger partial charge is 0.366 e. The molecule has 1 fully saturated rings. The van der Waals surface area contributed by atoms with Gasteiger partial charge in [0.05, 0.1) is 10.9 Å². The Balaban J connectivity index is 2.01. The third-order valence-corrected chi connectivity index (χ3v) is 6.66. The van der Waals surface area contributed by atoms with Crippen LogP contribution in [0.2, 0.25) is 0 Å². The number of aryl methyl sites for hydroxylation is 1. The van der Waals surface area contributed by atoms with E-state index in [1.807, 2.05) is 0 Å². The molecule has 2 atom stereocenters. The van der Waals surface area contributed by atoms with E-state index >= 15 is 0 Å². The highest BCUT2D eigenvalue weighted by atomic mass is 79.9. The molecule has 1 aromatic heterocycles. The number of methoxy groups -OCH3 is 1. The summed E-state index contributed by atoms with van der Waals surface area (Å²) in [7, 11) is 1.25. The first-order chi connectivity index (χ1) is 16.5. The van der Waals surface area contributed by atoms with Gasteiger partial charge in [-0.3, -0.25) is 14.6 Å². The number of fused-ring (bicyclic) bond motifs is 1. The zero-order chi connectivity index (χ0) is 25.5. The van der Waals surface area contributed by atoms with Crippen molar-refractivity contribution in [3.63, 3.8) is 0 Å². The number of halogens is 4. The Morgan fingerprint density at radius 2 is 1.94 bits per heavy atom. The average Bonchev–Trinajstić information content (AvgIpc) is 2.82. The number of aromatic nitrogens is 2. The molecule has 1 aliphatic rings. The van der Waals surface area contributed by atoms with Crippen LogP contribution in [0.4, 0.5) is 13.2 Å². The summed E-state index contributed by atoms with van der Waals surface area (Å²) in [6.45, 7) is 0.547. The van der Waals surface area contributed by atoms with Gasteiger partial charge in [0.15, 0.2) is 6.29 Å². The molecule has 2 unspecified atom stereocenters. The predicted molar refractivity (Wildman–Crippen MR) is 125 cm³/mol. The fraction of sp³-hybridized carbons (Fsp3) is 0.348. The molecule has 0 radical (unpaired) electrons. The molecule has 2 heterocycles. The van der Waals surface area contributed by atoms with Gasteiger partial charge in [0.25, 0.3) is 5.56 Å². The van der Waals surface area contributed by atoms with Crippen LogP contribution in [0.5, 0.6) is 0 Å². The Bertz CT molecular complexity index is 1330. The third-order valence-electron chi connectivity index (χ3n) is 6.17. The molecule has 3 aromatic rings. The summed E-state index contributed by atoms with van der Waals surface area (Å²) < 4.78 is 47.1. The van der Waals surface area contributed by atoms with E-state index in [1.54, 1.807) is 48.5 Å². The lowest BCUT2D eigenvalue weighted by Gasteiger charge is -2.53. The predicted octanol–water partition coefficient (Wildman–Crippen LogP) is 3.02. The summed E-state index contributed by atoms with van der Waals surface area (Å²) in [5.74, 6) is -1.88. The molecular formula is C23H22BrF3N4O4. The van der Waals surface area contributed by atoms with Crippen LogP contribution in [-0.4, -0.2) is 58.4 Å². The van der Waals surface area contributed by atoms with E-state index in [2.05, 4.69) is 20.9 Å². The molecule has 0 aliphatic carbocycles. The van der Waals surface area contributed by atoms with E-state index in [9.17, 15) is 27.9 Å². The standard InChI is InChI=1S/C23H22BrF3N4O4/c1-14-28-18-9-4-3-8-17(18)19(32)31(14)30-13-29(20(33)23(25,26)27)11-10-22(30,21(34)35-2)15-6-5-7-16(24)12-15/h3-9,12,21,34H,10-11,13H2,1-2H3. The second-order valence-corrected chi connectivity index (χ2v) is 9.09. The number of rotatable bonds is 4. The summed E-state index contributed by atoms with van der Waals surface area (Å²) >= 11 is 3.39. The zero-order valence-electron chi connectivity index (χ0n) is 18.8. The van der Waals surface area contributed by atoms with Gasteiger partial charge in [0.2, 0.25) is 0 Å². The molecule has 1 N–H and O–H groups in total. The van der Waals surface area contributed by atoms with E-state index in [4.69, 9.17) is 4.74 Å². The van der Waals surface area contributed by atoms with Crippen LogP contribution >= 0.6 is 15.9 Å². The summed E-state index contributed by atoms with van der Waals surface area (Å²) in [5.41, 5.74) is -1.21. The maximum atomic E-state index is 13.6. The van der Waals surface area contributed by atoms with Crippen molar-refractivity contribution in [1.82, 2.24) is 14.6 Å². The molecular weight excluding hydrogens is 533 g/mol. The quantitative estimate of drug-likeness (QED) is 0.499. The van der Waals surface area contributed by atoms with E-state index in [0.29, 0.717) is 20.5 Å². The summed E-state index contributed by atoms with van der Waals surface area (Å²) in [6.07, 6.45) is -6.85. The number of carbonyl (C=O) groups is 1. The topological polar surface area (TPSA) is 87.9 Å². The minimum absolute atomic E-state index is 0.165. The first kappa shape index (κ1) is 25.1. The molecule has 1 amide bonds. The number of amides is 1. The summed E-state index contributed by atoms with van der Waals surface area (Å²) in [6, 6.07) is 13.4. The highest BCUT2D eigenvalue weighted by Crippen LogP contribution is 2.40. The molecule has 186 valence electrons. The monoisotopic (exact) mass is 554 g/mol. The number of carbonyl (C=O) groups excluding carboxylic acids is 1. The number of hydrogen-bond donors (Lipinski definition) is 1. The van der Waals surface area contributed by atoms with Gasteiger partial charge in [-0.2, -0.15) is 13.2 Å². The lowest BCUT2D eigenvalue weighted by atomic mass is 9.83. The zero-order valence-corrected chi connectivity index (χ0v) is 20.4. The fourth-order valence-electron chi connectivity index (χ4n) is 4.54. The minimum Gasteiger partial charge on any atom is -0.366 e. The van der Waals surface area contributed by atoms with Gasteiger partial charge in [-0.25, -0.2) is 9.66 Å². The van der Waals surface area contributed by atoms with Crippen molar-refractivity contribution < 1.29 is 27.8 Å². The maximum Gasteiger partial charge on any atom is 0.471 e. The second-order valence-electron chi connectivity index (χ2n) is 8.17. The average molecular weight is 555 g/mol. The van der Waals surface area contributed by atoms with Crippen LogP contribution in [0.15, 0.2) is 57.8 Å². The number of aliphatic hydroxyl groups is 1. The highest BCUT2D eigenvalue weighted by molar-refractivity contribution is 9.10. The van der Waals surface area contributed by atoms with Crippen LogP contribution in [0.1, 0.15) is 17.8 Å². The molecule has 1 saturated heterocycles. The number of alkyl halides is 3. The molecule has 0 saturated carbocycles. The van der Waals surface area contributed by atoms with Gasteiger partial charge >= 0.3 is 12.1 Å². The Morgan fingerprint density at radius 3 is 2.60 bits per heavy atom. The molecule has 0 spiro atoms. The largest absolute Gasteiger partial charge is 0.471 e. The van der Waals surface area contributed by atoms with E-state index in [1.165, 1.54) is 19.0 Å². The minimum atomic E-state index is -5.11. The summed E-state index contributed by atoms with van der Waals surface area (Å²) in [4.78, 5) is 30.9. The van der Waals surface area contributed by atoms with Gasteiger partial charge in [0, 0.05) is 18.1 Å². The lowest BCUT2D eigenvalue weighted by Crippen LogP contribution is -2.70. The van der Waals surface area contributed by atoms with Crippen molar-refractivity contribution in [3.05, 3.63) is 74.7 Å². The van der Waals surface area contributed by atoms with Crippen molar-refractivity contribution in [2.75, 3.05) is 25.3 Å². The number of hydrogen-bond acceptors (Lipinski definition) is 6. The van der Waals surface area contributed by atoms with Crippen molar-refractivity contribution in [2.45, 2.75) is 31.3 Å². The fourth-order valence-corrected chi connectivity index (χ4v) is 4.94. The number of aliphatic hydroxyl groups excluding tert-OH is 1. The Morgan fingerprint density at radius 1 is 1.23 bits per heavy atom. The van der Waals surface area contributed by atoms with Crippen LogP contribution in [-0.2, 0) is 15.1 Å². The van der Waals surface area contributed by atoms with E-state index in [0.717, 1.165) is 4.68 Å². The Kier molecular flexibility index (Phi) is 6.64. The molecule has 4 rings (SSSR count).